The zero-order valence-corrected chi connectivity index (χ0v) is 17.4. The van der Waals surface area contributed by atoms with E-state index in [0.717, 1.165) is 37.6 Å². The molecule has 2 heterocycles. The maximum absolute atomic E-state index is 13.5. The van der Waals surface area contributed by atoms with Crippen LogP contribution in [0.1, 0.15) is 64.8 Å². The number of pyridine rings is 1. The lowest BCUT2D eigenvalue weighted by Crippen LogP contribution is -2.65. The van der Waals surface area contributed by atoms with Crippen molar-refractivity contribution < 1.29 is 9.59 Å². The molecule has 0 saturated heterocycles. The van der Waals surface area contributed by atoms with Crippen LogP contribution in [0.5, 0.6) is 0 Å². The van der Waals surface area contributed by atoms with Crippen molar-refractivity contribution in [3.63, 3.8) is 0 Å². The molecule has 4 nitrogen and oxygen atoms in total. The molecule has 2 unspecified atom stereocenters. The van der Waals surface area contributed by atoms with Crippen LogP contribution < -0.4 is 0 Å². The van der Waals surface area contributed by atoms with Gasteiger partial charge in [-0.05, 0) is 85.6 Å². The Balaban J connectivity index is 1.39. The van der Waals surface area contributed by atoms with Gasteiger partial charge in [-0.25, -0.2) is 0 Å². The minimum absolute atomic E-state index is 0.0158. The van der Waals surface area contributed by atoms with E-state index in [-0.39, 0.29) is 22.8 Å². The maximum atomic E-state index is 13.5. The van der Waals surface area contributed by atoms with Crippen LogP contribution in [0.4, 0.5) is 0 Å². The summed E-state index contributed by atoms with van der Waals surface area (Å²) >= 11 is 0. The second-order valence-corrected chi connectivity index (χ2v) is 10.3. The molecule has 31 heavy (non-hydrogen) atoms. The number of carbonyl (C=O) groups excluding carboxylic acids is 2. The van der Waals surface area contributed by atoms with Gasteiger partial charge in [0.15, 0.2) is 0 Å². The Hall–Kier alpha value is -3.01. The first-order valence-electron chi connectivity index (χ1n) is 11.4. The molecule has 4 bridgehead atoms. The van der Waals surface area contributed by atoms with Gasteiger partial charge >= 0.3 is 0 Å². The van der Waals surface area contributed by atoms with Crippen LogP contribution in [-0.2, 0) is 5.41 Å². The monoisotopic (exact) mass is 408 g/mol. The summed E-state index contributed by atoms with van der Waals surface area (Å²) < 4.78 is 0. The van der Waals surface area contributed by atoms with Crippen LogP contribution >= 0.6 is 0 Å². The first-order chi connectivity index (χ1) is 15.1. The van der Waals surface area contributed by atoms with Crippen LogP contribution in [0, 0.1) is 11.8 Å². The van der Waals surface area contributed by atoms with E-state index in [2.05, 4.69) is 29.2 Å². The van der Waals surface area contributed by atoms with Crippen molar-refractivity contribution in [3.8, 4) is 0 Å². The van der Waals surface area contributed by atoms with E-state index >= 15 is 0 Å². The van der Waals surface area contributed by atoms with E-state index in [9.17, 15) is 9.59 Å². The summed E-state index contributed by atoms with van der Waals surface area (Å²) in [4.78, 5) is 33.2. The van der Waals surface area contributed by atoms with Gasteiger partial charge in [-0.1, -0.05) is 30.3 Å². The molecule has 4 fully saturated rings. The average molecular weight is 409 g/mol. The Morgan fingerprint density at radius 2 is 1.45 bits per heavy atom. The van der Waals surface area contributed by atoms with Crippen LogP contribution in [-0.4, -0.2) is 27.2 Å². The Morgan fingerprint density at radius 1 is 0.806 bits per heavy atom. The molecule has 0 radical (unpaired) electrons. The van der Waals surface area contributed by atoms with Crippen molar-refractivity contribution in [1.82, 2.24) is 9.88 Å². The first kappa shape index (κ1) is 17.6. The van der Waals surface area contributed by atoms with E-state index in [1.807, 2.05) is 36.5 Å². The summed E-state index contributed by atoms with van der Waals surface area (Å²) in [6.07, 6.45) is 8.28. The molecule has 1 aromatic heterocycles. The number of imide groups is 1. The number of amides is 2. The SMILES string of the molecule is O=C1c2ccccc2C(=O)N1C12CC3CC(CC(c4ccnc5ccccc45)(C3)C1)C2. The second kappa shape index (κ2) is 5.82. The number of aromatic nitrogens is 1. The molecule has 154 valence electrons. The third kappa shape index (κ3) is 2.23. The van der Waals surface area contributed by atoms with Gasteiger partial charge in [-0.3, -0.25) is 19.5 Å². The Kier molecular flexibility index (Phi) is 3.31. The topological polar surface area (TPSA) is 50.3 Å². The summed E-state index contributed by atoms with van der Waals surface area (Å²) in [7, 11) is 0. The number of hydrogen-bond acceptors (Lipinski definition) is 3. The van der Waals surface area contributed by atoms with E-state index in [1.165, 1.54) is 17.4 Å². The highest BCUT2D eigenvalue weighted by Crippen LogP contribution is 2.65. The smallest absolute Gasteiger partial charge is 0.262 e. The molecule has 1 aliphatic heterocycles. The molecule has 4 aliphatic carbocycles. The van der Waals surface area contributed by atoms with Crippen LogP contribution in [0.3, 0.4) is 0 Å². The minimum atomic E-state index is -0.359. The van der Waals surface area contributed by atoms with Crippen molar-refractivity contribution in [2.24, 2.45) is 11.8 Å². The molecule has 0 spiro atoms. The molecule has 4 heteroatoms. The Morgan fingerprint density at radius 3 is 2.16 bits per heavy atom. The maximum Gasteiger partial charge on any atom is 0.262 e. The molecular formula is C27H24N2O2. The molecule has 3 aromatic rings. The van der Waals surface area contributed by atoms with E-state index in [4.69, 9.17) is 0 Å². The molecule has 4 saturated carbocycles. The summed E-state index contributed by atoms with van der Waals surface area (Å²) in [5, 5.41) is 1.23. The third-order valence-corrected chi connectivity index (χ3v) is 8.52. The van der Waals surface area contributed by atoms with Crippen LogP contribution in [0.15, 0.2) is 60.8 Å². The van der Waals surface area contributed by atoms with Crippen molar-refractivity contribution in [3.05, 3.63) is 77.5 Å². The molecular weight excluding hydrogens is 384 g/mol. The number of rotatable bonds is 2. The number of carbonyl (C=O) groups is 2. The van der Waals surface area contributed by atoms with Gasteiger partial charge in [0.25, 0.3) is 11.8 Å². The van der Waals surface area contributed by atoms with Gasteiger partial charge in [0.2, 0.25) is 0 Å². The largest absolute Gasteiger partial charge is 0.269 e. The lowest BCUT2D eigenvalue weighted by atomic mass is 9.45. The number of para-hydroxylation sites is 1. The fourth-order valence-electron chi connectivity index (χ4n) is 7.97. The van der Waals surface area contributed by atoms with E-state index in [1.54, 1.807) is 4.90 Å². The Bertz CT molecular complexity index is 1220. The van der Waals surface area contributed by atoms with E-state index < -0.39 is 0 Å². The van der Waals surface area contributed by atoms with Crippen LogP contribution in [0.25, 0.3) is 10.9 Å². The van der Waals surface area contributed by atoms with Crippen LogP contribution in [0.2, 0.25) is 0 Å². The third-order valence-electron chi connectivity index (χ3n) is 8.52. The first-order valence-corrected chi connectivity index (χ1v) is 11.4. The van der Waals surface area contributed by atoms with Gasteiger partial charge in [0.05, 0.1) is 22.2 Å². The summed E-state index contributed by atoms with van der Waals surface area (Å²) in [5.74, 6) is 0.963. The zero-order chi connectivity index (χ0) is 20.8. The lowest BCUT2D eigenvalue weighted by molar-refractivity contribution is -0.0768. The molecule has 2 atom stereocenters. The van der Waals surface area contributed by atoms with Crippen molar-refractivity contribution >= 4 is 22.7 Å². The van der Waals surface area contributed by atoms with Gasteiger partial charge in [0.1, 0.15) is 0 Å². The number of fused-ring (bicyclic) bond motifs is 2. The predicted octanol–water partition coefficient (Wildman–Crippen LogP) is 5.12. The average Bonchev–Trinajstić information content (AvgIpc) is 3.03. The summed E-state index contributed by atoms with van der Waals surface area (Å²) in [6.45, 7) is 0. The van der Waals surface area contributed by atoms with Gasteiger partial charge in [-0.2, -0.15) is 0 Å². The lowest BCUT2D eigenvalue weighted by Gasteiger charge is -2.64. The summed E-state index contributed by atoms with van der Waals surface area (Å²) in [6, 6.07) is 17.9. The quantitative estimate of drug-likeness (QED) is 0.553. The fraction of sp³-hybridized carbons (Fsp3) is 0.370. The highest BCUT2D eigenvalue weighted by Gasteiger charge is 2.63. The minimum Gasteiger partial charge on any atom is -0.269 e. The van der Waals surface area contributed by atoms with Gasteiger partial charge in [-0.15, -0.1) is 0 Å². The number of hydrogen-bond donors (Lipinski definition) is 0. The Labute approximate surface area is 181 Å². The van der Waals surface area contributed by atoms with Crippen molar-refractivity contribution in [2.45, 2.75) is 49.5 Å². The molecule has 2 amide bonds. The standard InChI is InChI=1S/C27H24N2O2/c30-24-19-5-1-2-6-20(19)25(31)29(24)27-14-17-11-18(15-27)13-26(12-17,16-27)22-9-10-28-23-8-4-3-7-21(22)23/h1-10,17-18H,11-16H2. The molecule has 2 aromatic carbocycles. The fourth-order valence-corrected chi connectivity index (χ4v) is 7.97. The van der Waals surface area contributed by atoms with Crippen molar-refractivity contribution in [1.29, 1.82) is 0 Å². The number of benzene rings is 2. The molecule has 5 aliphatic rings. The highest BCUT2D eigenvalue weighted by molar-refractivity contribution is 6.21. The van der Waals surface area contributed by atoms with Gasteiger partial charge in [0, 0.05) is 11.6 Å². The molecule has 0 N–H and O–H groups in total. The highest BCUT2D eigenvalue weighted by atomic mass is 16.2. The predicted molar refractivity (Wildman–Crippen MR) is 118 cm³/mol. The van der Waals surface area contributed by atoms with Gasteiger partial charge < -0.3 is 0 Å². The van der Waals surface area contributed by atoms with E-state index in [0.29, 0.717) is 23.0 Å². The zero-order valence-electron chi connectivity index (χ0n) is 17.4. The summed E-state index contributed by atoms with van der Waals surface area (Å²) in [5.41, 5.74) is 3.21. The second-order valence-electron chi connectivity index (χ2n) is 10.3. The number of nitrogens with zero attached hydrogens (tertiary/aromatic N) is 2. The normalized spacial score (nSPS) is 33.4. The van der Waals surface area contributed by atoms with Crippen molar-refractivity contribution in [2.75, 3.05) is 0 Å². The molecule has 8 rings (SSSR count).